The van der Waals surface area contributed by atoms with Gasteiger partial charge in [-0.2, -0.15) is 0 Å². The van der Waals surface area contributed by atoms with Crippen molar-refractivity contribution in [3.05, 3.63) is 29.3 Å². The van der Waals surface area contributed by atoms with Crippen molar-refractivity contribution in [3.63, 3.8) is 0 Å². The summed E-state index contributed by atoms with van der Waals surface area (Å²) in [5, 5.41) is 13.7. The van der Waals surface area contributed by atoms with E-state index in [1.807, 2.05) is 12.1 Å². The number of rotatable bonds is 14. The van der Waals surface area contributed by atoms with E-state index < -0.39 is 0 Å². The minimum atomic E-state index is 0. The zero-order valence-corrected chi connectivity index (χ0v) is 19.2. The molecule has 0 spiro atoms. The van der Waals surface area contributed by atoms with E-state index in [-0.39, 0.29) is 17.0 Å². The van der Waals surface area contributed by atoms with Crippen molar-refractivity contribution < 1.29 is 5.11 Å². The number of hydrogen-bond donors (Lipinski definition) is 2. The SMILES string of the molecule is Br.CCCCCCCCCCCCCCNC1CCc2cccc(O)c2C1. The highest BCUT2D eigenvalue weighted by Gasteiger charge is 2.20. The van der Waals surface area contributed by atoms with Crippen molar-refractivity contribution in [1.82, 2.24) is 5.32 Å². The van der Waals surface area contributed by atoms with Gasteiger partial charge in [0, 0.05) is 6.04 Å². The average Bonchev–Trinajstić information content (AvgIpc) is 2.66. The Bertz CT molecular complexity index is 491. The second-order valence-corrected chi connectivity index (χ2v) is 8.20. The zero-order chi connectivity index (χ0) is 18.5. The number of halogens is 1. The number of phenolic OH excluding ortho intramolecular Hbond substituents is 1. The minimum Gasteiger partial charge on any atom is -0.508 e. The van der Waals surface area contributed by atoms with Crippen LogP contribution < -0.4 is 5.32 Å². The van der Waals surface area contributed by atoms with Crippen LogP contribution in [0.4, 0.5) is 0 Å². The van der Waals surface area contributed by atoms with Crippen LogP contribution in [0.15, 0.2) is 18.2 Å². The molecule has 27 heavy (non-hydrogen) atoms. The summed E-state index contributed by atoms with van der Waals surface area (Å²) in [5.74, 6) is 0.486. The van der Waals surface area contributed by atoms with Crippen molar-refractivity contribution in [2.45, 2.75) is 109 Å². The van der Waals surface area contributed by atoms with Gasteiger partial charge in [0.25, 0.3) is 0 Å². The Labute approximate surface area is 178 Å². The topological polar surface area (TPSA) is 32.3 Å². The number of aromatic hydroxyl groups is 1. The molecule has 0 fully saturated rings. The van der Waals surface area contributed by atoms with Crippen molar-refractivity contribution in [2.24, 2.45) is 0 Å². The van der Waals surface area contributed by atoms with Crippen LogP contribution in [-0.2, 0) is 12.8 Å². The molecule has 1 aliphatic carbocycles. The number of aryl methyl sites for hydroxylation is 1. The molecule has 1 atom stereocenters. The van der Waals surface area contributed by atoms with Crippen molar-refractivity contribution in [2.75, 3.05) is 6.54 Å². The molecule has 0 aromatic heterocycles. The highest BCUT2D eigenvalue weighted by Crippen LogP contribution is 2.28. The summed E-state index contributed by atoms with van der Waals surface area (Å²) in [7, 11) is 0. The average molecular weight is 441 g/mol. The fourth-order valence-electron chi connectivity index (χ4n) is 4.22. The molecule has 3 heteroatoms. The molecule has 2 N–H and O–H groups in total. The third-order valence-corrected chi connectivity index (χ3v) is 5.92. The molecular weight excluding hydrogens is 398 g/mol. The summed E-state index contributed by atoms with van der Waals surface area (Å²) < 4.78 is 0. The van der Waals surface area contributed by atoms with Crippen molar-refractivity contribution in [1.29, 1.82) is 0 Å². The van der Waals surface area contributed by atoms with E-state index in [1.54, 1.807) is 0 Å². The summed E-state index contributed by atoms with van der Waals surface area (Å²) in [6.45, 7) is 3.42. The molecule has 1 aliphatic rings. The van der Waals surface area contributed by atoms with E-state index in [9.17, 15) is 5.11 Å². The Morgan fingerprint density at radius 3 is 2.11 bits per heavy atom. The molecule has 1 aromatic carbocycles. The summed E-state index contributed by atoms with van der Waals surface area (Å²) in [6, 6.07) is 6.50. The fourth-order valence-corrected chi connectivity index (χ4v) is 4.22. The lowest BCUT2D eigenvalue weighted by molar-refractivity contribution is 0.421. The fraction of sp³-hybridized carbons (Fsp3) is 0.750. The predicted octanol–water partition coefficient (Wildman–Crippen LogP) is 7.12. The van der Waals surface area contributed by atoms with Crippen LogP contribution in [0.25, 0.3) is 0 Å². The number of phenols is 1. The standard InChI is InChI=1S/C24H41NO.BrH/c1-2-3-4-5-6-7-8-9-10-11-12-13-19-25-22-18-17-21-15-14-16-24(26)23(21)20-22;/h14-16,22,25-26H,2-13,17-20H2,1H3;1H. The van der Waals surface area contributed by atoms with E-state index in [2.05, 4.69) is 18.3 Å². The normalized spacial score (nSPS) is 16.0. The Morgan fingerprint density at radius 1 is 0.889 bits per heavy atom. The van der Waals surface area contributed by atoms with E-state index >= 15 is 0 Å². The van der Waals surface area contributed by atoms with E-state index in [1.165, 1.54) is 94.6 Å². The van der Waals surface area contributed by atoms with Gasteiger partial charge in [0.2, 0.25) is 0 Å². The smallest absolute Gasteiger partial charge is 0.119 e. The van der Waals surface area contributed by atoms with E-state index in [0.717, 1.165) is 19.4 Å². The van der Waals surface area contributed by atoms with Gasteiger partial charge in [-0.1, -0.05) is 89.7 Å². The Balaban J connectivity index is 0.00000364. The van der Waals surface area contributed by atoms with Gasteiger partial charge in [-0.3, -0.25) is 0 Å². The molecule has 0 radical (unpaired) electrons. The van der Waals surface area contributed by atoms with Gasteiger partial charge in [-0.05, 0) is 49.4 Å². The van der Waals surface area contributed by atoms with Crippen LogP contribution in [0.1, 0.15) is 102 Å². The molecule has 156 valence electrons. The largest absolute Gasteiger partial charge is 0.508 e. The second kappa shape index (κ2) is 15.4. The second-order valence-electron chi connectivity index (χ2n) is 8.20. The molecular formula is C24H42BrNO. The number of fused-ring (bicyclic) bond motifs is 1. The Morgan fingerprint density at radius 2 is 1.48 bits per heavy atom. The zero-order valence-electron chi connectivity index (χ0n) is 17.5. The van der Waals surface area contributed by atoms with Gasteiger partial charge >= 0.3 is 0 Å². The third-order valence-electron chi connectivity index (χ3n) is 5.92. The van der Waals surface area contributed by atoms with Gasteiger partial charge in [-0.25, -0.2) is 0 Å². The maximum atomic E-state index is 10.0. The number of unbranched alkanes of at least 4 members (excludes halogenated alkanes) is 11. The quantitative estimate of drug-likeness (QED) is 0.302. The molecule has 2 nitrogen and oxygen atoms in total. The van der Waals surface area contributed by atoms with E-state index in [0.29, 0.717) is 11.8 Å². The molecule has 2 rings (SSSR count). The van der Waals surface area contributed by atoms with Gasteiger partial charge in [-0.15, -0.1) is 17.0 Å². The molecule has 0 saturated heterocycles. The molecule has 0 amide bonds. The van der Waals surface area contributed by atoms with E-state index in [4.69, 9.17) is 0 Å². The molecule has 0 bridgehead atoms. The highest BCUT2D eigenvalue weighted by molar-refractivity contribution is 8.93. The van der Waals surface area contributed by atoms with Crippen LogP contribution in [-0.4, -0.2) is 17.7 Å². The van der Waals surface area contributed by atoms with Crippen LogP contribution in [0.5, 0.6) is 5.75 Å². The molecule has 0 heterocycles. The van der Waals surface area contributed by atoms with Crippen molar-refractivity contribution in [3.8, 4) is 5.75 Å². The Kier molecular flexibility index (Phi) is 14.0. The number of hydrogen-bond acceptors (Lipinski definition) is 2. The van der Waals surface area contributed by atoms with Gasteiger partial charge in [0.05, 0.1) is 0 Å². The number of nitrogens with one attached hydrogen (secondary N) is 1. The lowest BCUT2D eigenvalue weighted by Gasteiger charge is -2.26. The van der Waals surface area contributed by atoms with Crippen LogP contribution in [0, 0.1) is 0 Å². The summed E-state index contributed by atoms with van der Waals surface area (Å²) >= 11 is 0. The van der Waals surface area contributed by atoms with Crippen LogP contribution >= 0.6 is 17.0 Å². The summed E-state index contributed by atoms with van der Waals surface area (Å²) in [6.07, 6.45) is 20.2. The third kappa shape index (κ3) is 9.99. The molecule has 1 unspecified atom stereocenters. The first kappa shape index (κ1) is 24.5. The first-order chi connectivity index (χ1) is 12.8. The molecule has 0 saturated carbocycles. The summed E-state index contributed by atoms with van der Waals surface area (Å²) in [5.41, 5.74) is 2.51. The van der Waals surface area contributed by atoms with Crippen LogP contribution in [0.3, 0.4) is 0 Å². The lowest BCUT2D eigenvalue weighted by atomic mass is 9.87. The maximum absolute atomic E-state index is 10.0. The van der Waals surface area contributed by atoms with Crippen molar-refractivity contribution >= 4 is 17.0 Å². The van der Waals surface area contributed by atoms with Crippen LogP contribution in [0.2, 0.25) is 0 Å². The first-order valence-electron chi connectivity index (χ1n) is 11.3. The first-order valence-corrected chi connectivity index (χ1v) is 11.3. The van der Waals surface area contributed by atoms with Gasteiger partial charge in [0.15, 0.2) is 0 Å². The number of benzene rings is 1. The monoisotopic (exact) mass is 439 g/mol. The maximum Gasteiger partial charge on any atom is 0.119 e. The van der Waals surface area contributed by atoms with Gasteiger partial charge < -0.3 is 10.4 Å². The highest BCUT2D eigenvalue weighted by atomic mass is 79.9. The predicted molar refractivity (Wildman–Crippen MR) is 123 cm³/mol. The van der Waals surface area contributed by atoms with Gasteiger partial charge in [0.1, 0.15) is 5.75 Å². The molecule has 0 aliphatic heterocycles. The lowest BCUT2D eigenvalue weighted by Crippen LogP contribution is -2.35. The summed E-state index contributed by atoms with van der Waals surface area (Å²) in [4.78, 5) is 0. The molecule has 1 aromatic rings. The Hall–Kier alpha value is -0.540. The minimum absolute atomic E-state index is 0.